The highest BCUT2D eigenvalue weighted by Crippen LogP contribution is 2.22. The maximum Gasteiger partial charge on any atom is 0.120 e. The molecule has 1 aliphatic heterocycles. The molecule has 0 unspecified atom stereocenters. The monoisotopic (exact) mass is 251 g/mol. The Morgan fingerprint density at radius 1 is 1.28 bits per heavy atom. The number of nitrogens with one attached hydrogen (secondary N) is 1. The molecule has 0 saturated carbocycles. The Balaban J connectivity index is 1.89. The predicted molar refractivity (Wildman–Crippen MR) is 70.6 cm³/mol. The average Bonchev–Trinajstić information content (AvgIpc) is 2.40. The summed E-state index contributed by atoms with van der Waals surface area (Å²) in [5.74, 6) is 1.07. The molecular formula is C13H21N3O2. The third kappa shape index (κ3) is 3.35. The summed E-state index contributed by atoms with van der Waals surface area (Å²) < 4.78 is 5.16. The Morgan fingerprint density at radius 2 is 2.00 bits per heavy atom. The summed E-state index contributed by atoms with van der Waals surface area (Å²) in [4.78, 5) is 2.31. The van der Waals surface area contributed by atoms with Crippen LogP contribution < -0.4 is 10.2 Å². The number of methoxy groups -OCH3 is 1. The zero-order valence-corrected chi connectivity index (χ0v) is 11.0. The molecule has 0 aromatic heterocycles. The second kappa shape index (κ2) is 6.04. The highest BCUT2D eigenvalue weighted by Gasteiger charge is 2.13. The van der Waals surface area contributed by atoms with Crippen molar-refractivity contribution in [2.75, 3.05) is 40.3 Å². The summed E-state index contributed by atoms with van der Waals surface area (Å²) in [6.07, 6.45) is 0. The van der Waals surface area contributed by atoms with Crippen molar-refractivity contribution in [2.45, 2.75) is 6.54 Å². The van der Waals surface area contributed by atoms with E-state index in [1.54, 1.807) is 19.2 Å². The molecule has 18 heavy (non-hydrogen) atoms. The summed E-state index contributed by atoms with van der Waals surface area (Å²) in [6, 6.07) is 5.28. The van der Waals surface area contributed by atoms with Crippen LogP contribution in [0.15, 0.2) is 18.2 Å². The summed E-state index contributed by atoms with van der Waals surface area (Å²) >= 11 is 0. The Morgan fingerprint density at radius 3 is 2.67 bits per heavy atom. The molecule has 0 aliphatic carbocycles. The topological polar surface area (TPSA) is 48.0 Å². The lowest BCUT2D eigenvalue weighted by Gasteiger charge is -2.32. The van der Waals surface area contributed by atoms with Crippen LogP contribution >= 0.6 is 0 Å². The molecule has 1 fully saturated rings. The van der Waals surface area contributed by atoms with Crippen molar-refractivity contribution in [1.29, 1.82) is 0 Å². The fourth-order valence-electron chi connectivity index (χ4n) is 1.99. The largest absolute Gasteiger partial charge is 0.508 e. The highest BCUT2D eigenvalue weighted by atomic mass is 16.5. The third-order valence-corrected chi connectivity index (χ3v) is 3.28. The quantitative estimate of drug-likeness (QED) is 0.823. The van der Waals surface area contributed by atoms with E-state index < -0.39 is 0 Å². The van der Waals surface area contributed by atoms with Gasteiger partial charge in [-0.2, -0.15) is 0 Å². The number of hydrogen-bond acceptors (Lipinski definition) is 5. The van der Waals surface area contributed by atoms with Gasteiger partial charge >= 0.3 is 0 Å². The Labute approximate surface area is 108 Å². The van der Waals surface area contributed by atoms with Gasteiger partial charge in [0.15, 0.2) is 0 Å². The van der Waals surface area contributed by atoms with Gasteiger partial charge in [-0.1, -0.05) is 0 Å². The summed E-state index contributed by atoms with van der Waals surface area (Å²) in [5.41, 5.74) is 4.20. The molecule has 0 atom stereocenters. The molecule has 2 N–H and O–H groups in total. The van der Waals surface area contributed by atoms with Gasteiger partial charge in [0.2, 0.25) is 0 Å². The second-order valence-electron chi connectivity index (χ2n) is 4.62. The number of phenolic OH excluding ortho intramolecular Hbond substituents is 1. The van der Waals surface area contributed by atoms with Gasteiger partial charge in [-0.15, -0.1) is 0 Å². The van der Waals surface area contributed by atoms with Crippen molar-refractivity contribution < 1.29 is 9.84 Å². The average molecular weight is 251 g/mol. The fourth-order valence-corrected chi connectivity index (χ4v) is 1.99. The van der Waals surface area contributed by atoms with Crippen LogP contribution in [0.4, 0.5) is 0 Å². The zero-order valence-electron chi connectivity index (χ0n) is 11.0. The van der Waals surface area contributed by atoms with E-state index >= 15 is 0 Å². The zero-order chi connectivity index (χ0) is 13.0. The van der Waals surface area contributed by atoms with Crippen LogP contribution in [-0.2, 0) is 6.54 Å². The van der Waals surface area contributed by atoms with Gasteiger partial charge in [0.05, 0.1) is 7.11 Å². The van der Waals surface area contributed by atoms with E-state index in [4.69, 9.17) is 4.74 Å². The van der Waals surface area contributed by atoms with E-state index in [9.17, 15) is 5.11 Å². The van der Waals surface area contributed by atoms with Crippen molar-refractivity contribution in [1.82, 2.24) is 15.3 Å². The molecule has 1 aromatic carbocycles. The first-order chi connectivity index (χ1) is 8.69. The Bertz CT molecular complexity index is 390. The number of benzene rings is 1. The van der Waals surface area contributed by atoms with Gasteiger partial charge in [0.25, 0.3) is 0 Å². The van der Waals surface area contributed by atoms with Crippen LogP contribution in [0.25, 0.3) is 0 Å². The summed E-state index contributed by atoms with van der Waals surface area (Å²) in [6.45, 7) is 4.75. The van der Waals surface area contributed by atoms with Crippen LogP contribution in [0.1, 0.15) is 5.56 Å². The minimum atomic E-state index is 0.303. The van der Waals surface area contributed by atoms with Gasteiger partial charge in [-0.3, -0.25) is 5.43 Å². The maximum atomic E-state index is 9.78. The molecule has 0 amide bonds. The first kappa shape index (κ1) is 13.1. The molecule has 1 aliphatic rings. The molecule has 5 nitrogen and oxygen atoms in total. The molecule has 1 heterocycles. The molecule has 5 heteroatoms. The lowest BCUT2D eigenvalue weighted by Crippen LogP contribution is -2.50. The molecule has 0 spiro atoms. The number of likely N-dealkylation sites (N-methyl/N-ethyl adjacent to an activating group) is 1. The van der Waals surface area contributed by atoms with E-state index in [2.05, 4.69) is 22.4 Å². The van der Waals surface area contributed by atoms with Gasteiger partial charge in [0.1, 0.15) is 11.5 Å². The normalized spacial score (nSPS) is 17.9. The fraction of sp³-hybridized carbons (Fsp3) is 0.538. The number of rotatable bonds is 4. The van der Waals surface area contributed by atoms with E-state index in [0.717, 1.165) is 37.5 Å². The lowest BCUT2D eigenvalue weighted by atomic mass is 10.2. The van der Waals surface area contributed by atoms with Gasteiger partial charge in [-0.25, -0.2) is 5.01 Å². The summed E-state index contributed by atoms with van der Waals surface area (Å²) in [7, 11) is 3.76. The van der Waals surface area contributed by atoms with Gasteiger partial charge in [-0.05, 0) is 25.2 Å². The molecule has 1 saturated heterocycles. The first-order valence-electron chi connectivity index (χ1n) is 6.22. The minimum Gasteiger partial charge on any atom is -0.508 e. The number of phenols is 1. The number of nitrogens with zero attached hydrogens (tertiary/aromatic N) is 2. The van der Waals surface area contributed by atoms with Gasteiger partial charge in [0, 0.05) is 38.3 Å². The van der Waals surface area contributed by atoms with Crippen LogP contribution in [0.2, 0.25) is 0 Å². The highest BCUT2D eigenvalue weighted by molar-refractivity contribution is 5.39. The molecule has 2 rings (SSSR count). The van der Waals surface area contributed by atoms with Crippen LogP contribution in [0.3, 0.4) is 0 Å². The van der Waals surface area contributed by atoms with Crippen molar-refractivity contribution in [3.05, 3.63) is 23.8 Å². The smallest absolute Gasteiger partial charge is 0.120 e. The number of aromatic hydroxyl groups is 1. The number of hydrazine groups is 1. The van der Waals surface area contributed by atoms with Crippen molar-refractivity contribution in [2.24, 2.45) is 0 Å². The molecule has 1 aromatic rings. The maximum absolute atomic E-state index is 9.78. The first-order valence-corrected chi connectivity index (χ1v) is 6.22. The van der Waals surface area contributed by atoms with Crippen LogP contribution in [0.5, 0.6) is 11.5 Å². The van der Waals surface area contributed by atoms with Crippen molar-refractivity contribution in [3.63, 3.8) is 0 Å². The van der Waals surface area contributed by atoms with Crippen LogP contribution in [-0.4, -0.2) is 55.4 Å². The molecule has 100 valence electrons. The number of hydrogen-bond donors (Lipinski definition) is 2. The van der Waals surface area contributed by atoms with Crippen molar-refractivity contribution >= 4 is 0 Å². The van der Waals surface area contributed by atoms with E-state index in [1.165, 1.54) is 0 Å². The number of piperazine rings is 1. The predicted octanol–water partition coefficient (Wildman–Crippen LogP) is 0.653. The summed E-state index contributed by atoms with van der Waals surface area (Å²) in [5, 5.41) is 12.0. The Kier molecular flexibility index (Phi) is 4.41. The van der Waals surface area contributed by atoms with E-state index in [1.807, 2.05) is 6.07 Å². The molecule has 0 bridgehead atoms. The van der Waals surface area contributed by atoms with E-state index in [-0.39, 0.29) is 0 Å². The minimum absolute atomic E-state index is 0.303. The SMILES string of the molecule is COc1ccc(O)c(CNN2CCN(C)CC2)c1. The number of ether oxygens (including phenoxy) is 1. The third-order valence-electron chi connectivity index (χ3n) is 3.28. The molecule has 0 radical (unpaired) electrons. The lowest BCUT2D eigenvalue weighted by molar-refractivity contribution is 0.102. The molecular weight excluding hydrogens is 230 g/mol. The Hall–Kier alpha value is -1.30. The standard InChI is InChI=1S/C13H21N3O2/c1-15-5-7-16(8-6-15)14-10-11-9-12(18-2)3-4-13(11)17/h3-4,9,14,17H,5-8,10H2,1-2H3. The second-order valence-corrected chi connectivity index (χ2v) is 4.62. The van der Waals surface area contributed by atoms with Crippen LogP contribution in [0, 0.1) is 0 Å². The van der Waals surface area contributed by atoms with Gasteiger partial charge < -0.3 is 14.7 Å². The van der Waals surface area contributed by atoms with Crippen molar-refractivity contribution in [3.8, 4) is 11.5 Å². The van der Waals surface area contributed by atoms with E-state index in [0.29, 0.717) is 12.3 Å².